The first-order valence-electron chi connectivity index (χ1n) is 7.61. The molecule has 2 rings (SSSR count). The lowest BCUT2D eigenvalue weighted by molar-refractivity contribution is 0.215. The average Bonchev–Trinajstić information content (AvgIpc) is 2.44. The summed E-state index contributed by atoms with van der Waals surface area (Å²) < 4.78 is 0. The van der Waals surface area contributed by atoms with Crippen LogP contribution in [-0.4, -0.2) is 12.1 Å². The van der Waals surface area contributed by atoms with Crippen molar-refractivity contribution in [2.75, 3.05) is 0 Å². The molecule has 0 bridgehead atoms. The second-order valence-electron chi connectivity index (χ2n) is 6.18. The van der Waals surface area contributed by atoms with Crippen molar-refractivity contribution in [3.63, 3.8) is 0 Å². The van der Waals surface area contributed by atoms with Crippen molar-refractivity contribution in [3.05, 3.63) is 0 Å². The van der Waals surface area contributed by atoms with Crippen molar-refractivity contribution in [1.29, 1.82) is 10.5 Å². The maximum atomic E-state index is 8.62. The number of hydrogen-bond acceptors (Lipinski definition) is 4. The van der Waals surface area contributed by atoms with Crippen LogP contribution in [0.15, 0.2) is 0 Å². The predicted octanol–water partition coefficient (Wildman–Crippen LogP) is 2.64. The Morgan fingerprint density at radius 1 is 0.684 bits per heavy atom. The van der Waals surface area contributed by atoms with Gasteiger partial charge in [0.2, 0.25) is 0 Å². The van der Waals surface area contributed by atoms with Crippen LogP contribution >= 0.6 is 0 Å². The van der Waals surface area contributed by atoms with E-state index >= 15 is 0 Å². The summed E-state index contributed by atoms with van der Waals surface area (Å²) in [6.07, 6.45) is 15.2. The Kier molecular flexibility index (Phi) is 5.33. The van der Waals surface area contributed by atoms with E-state index in [-0.39, 0.29) is 0 Å². The highest BCUT2D eigenvalue weighted by Gasteiger charge is 2.26. The molecule has 0 heterocycles. The van der Waals surface area contributed by atoms with E-state index < -0.39 is 0 Å². The number of nitrogens with zero attached hydrogens (tertiary/aromatic N) is 2. The molecule has 2 aliphatic carbocycles. The highest BCUT2D eigenvalue weighted by atomic mass is 14.9. The van der Waals surface area contributed by atoms with E-state index in [1.165, 1.54) is 32.1 Å². The van der Waals surface area contributed by atoms with Crippen molar-refractivity contribution < 1.29 is 0 Å². The molecule has 0 aromatic heterocycles. The molecule has 104 valence electrons. The lowest BCUT2D eigenvalue weighted by atomic mass is 9.76. The second kappa shape index (κ2) is 7.24. The lowest BCUT2D eigenvalue weighted by Gasteiger charge is -2.33. The molecule has 19 heavy (non-hydrogen) atoms. The highest BCUT2D eigenvalue weighted by Crippen LogP contribution is 2.35. The fourth-order valence-electron chi connectivity index (χ4n) is 3.74. The lowest BCUT2D eigenvalue weighted by Crippen LogP contribution is -2.32. The van der Waals surface area contributed by atoms with E-state index in [1.54, 1.807) is 0 Å². The molecule has 2 aliphatic rings. The van der Waals surface area contributed by atoms with Gasteiger partial charge in [-0.3, -0.25) is 0 Å². The summed E-state index contributed by atoms with van der Waals surface area (Å²) in [7, 11) is 0. The molecule has 0 aromatic carbocycles. The Morgan fingerprint density at radius 3 is 1.37 bits per heavy atom. The molecule has 0 unspecified atom stereocenters. The minimum atomic E-state index is 0.428. The van der Waals surface area contributed by atoms with Gasteiger partial charge in [0.15, 0.2) is 12.4 Å². The summed E-state index contributed by atoms with van der Waals surface area (Å²) in [6.45, 7) is 0. The zero-order chi connectivity index (χ0) is 13.5. The van der Waals surface area contributed by atoms with Crippen molar-refractivity contribution in [2.45, 2.75) is 69.9 Å². The van der Waals surface area contributed by atoms with Crippen molar-refractivity contribution in [1.82, 2.24) is 10.6 Å². The molecule has 0 aromatic rings. The Hall–Kier alpha value is -1.42. The zero-order valence-corrected chi connectivity index (χ0v) is 11.6. The van der Waals surface area contributed by atoms with Gasteiger partial charge in [0.25, 0.3) is 0 Å². The molecular weight excluding hydrogens is 236 g/mol. The maximum Gasteiger partial charge on any atom is 0.176 e. The van der Waals surface area contributed by atoms with Gasteiger partial charge in [0.1, 0.15) is 0 Å². The first-order chi connectivity index (χ1) is 9.31. The van der Waals surface area contributed by atoms with E-state index in [0.717, 1.165) is 37.5 Å². The van der Waals surface area contributed by atoms with E-state index in [4.69, 9.17) is 10.5 Å². The average molecular weight is 260 g/mol. The van der Waals surface area contributed by atoms with Crippen LogP contribution in [0, 0.1) is 34.7 Å². The molecule has 0 spiro atoms. The zero-order valence-electron chi connectivity index (χ0n) is 11.6. The van der Waals surface area contributed by atoms with Gasteiger partial charge in [-0.1, -0.05) is 0 Å². The molecular formula is C15H24N4. The molecule has 0 atom stereocenters. The van der Waals surface area contributed by atoms with Gasteiger partial charge in [0, 0.05) is 12.1 Å². The molecule has 2 N–H and O–H groups in total. The van der Waals surface area contributed by atoms with E-state index in [2.05, 4.69) is 23.0 Å². The quantitative estimate of drug-likeness (QED) is 0.602. The number of hydrogen-bond donors (Lipinski definition) is 2. The Bertz CT molecular complexity index is 304. The standard InChI is InChI=1S/C15H24N4/c16-10-18-14-5-1-12(2-6-14)9-13-3-7-15(8-4-13)19-11-17/h12-15,18-19H,1-9H2. The van der Waals surface area contributed by atoms with Crippen LogP contribution in [0.1, 0.15) is 57.8 Å². The monoisotopic (exact) mass is 260 g/mol. The Morgan fingerprint density at radius 2 is 1.05 bits per heavy atom. The topological polar surface area (TPSA) is 71.6 Å². The van der Waals surface area contributed by atoms with Gasteiger partial charge in [0.05, 0.1) is 0 Å². The van der Waals surface area contributed by atoms with Gasteiger partial charge in [-0.05, 0) is 69.6 Å². The first kappa shape index (κ1) is 14.0. The van der Waals surface area contributed by atoms with Crippen molar-refractivity contribution in [3.8, 4) is 12.4 Å². The third kappa shape index (κ3) is 4.31. The third-order valence-corrected chi connectivity index (χ3v) is 4.90. The highest BCUT2D eigenvalue weighted by molar-refractivity contribution is 4.86. The van der Waals surface area contributed by atoms with Crippen LogP contribution in [0.5, 0.6) is 0 Å². The minimum absolute atomic E-state index is 0.428. The summed E-state index contributed by atoms with van der Waals surface area (Å²) in [5.41, 5.74) is 0. The minimum Gasteiger partial charge on any atom is -0.321 e. The molecule has 4 nitrogen and oxygen atoms in total. The first-order valence-corrected chi connectivity index (χ1v) is 7.61. The normalized spacial score (nSPS) is 34.8. The molecule has 4 heteroatoms. The van der Waals surface area contributed by atoms with E-state index in [0.29, 0.717) is 12.1 Å². The van der Waals surface area contributed by atoms with E-state index in [1.807, 2.05) is 0 Å². The van der Waals surface area contributed by atoms with Crippen LogP contribution < -0.4 is 10.6 Å². The number of nitriles is 2. The molecule has 2 fully saturated rings. The molecule has 0 aliphatic heterocycles. The van der Waals surface area contributed by atoms with Crippen LogP contribution in [0.2, 0.25) is 0 Å². The second-order valence-corrected chi connectivity index (χ2v) is 6.18. The largest absolute Gasteiger partial charge is 0.321 e. The molecule has 2 saturated carbocycles. The summed E-state index contributed by atoms with van der Waals surface area (Å²) in [4.78, 5) is 0. The molecule has 0 saturated heterocycles. The fourth-order valence-corrected chi connectivity index (χ4v) is 3.74. The fraction of sp³-hybridized carbons (Fsp3) is 0.867. The Labute approximate surface area is 116 Å². The summed E-state index contributed by atoms with van der Waals surface area (Å²) >= 11 is 0. The van der Waals surface area contributed by atoms with Crippen LogP contribution in [0.25, 0.3) is 0 Å². The molecule has 0 radical (unpaired) electrons. The van der Waals surface area contributed by atoms with Crippen LogP contribution in [-0.2, 0) is 0 Å². The van der Waals surface area contributed by atoms with Gasteiger partial charge in [-0.2, -0.15) is 10.5 Å². The smallest absolute Gasteiger partial charge is 0.176 e. The predicted molar refractivity (Wildman–Crippen MR) is 73.6 cm³/mol. The van der Waals surface area contributed by atoms with Crippen LogP contribution in [0.4, 0.5) is 0 Å². The van der Waals surface area contributed by atoms with Crippen molar-refractivity contribution in [2.24, 2.45) is 11.8 Å². The SMILES string of the molecule is N#CNC1CCC(CC2CCC(NC#N)CC2)CC1. The third-order valence-electron chi connectivity index (χ3n) is 4.90. The summed E-state index contributed by atoms with van der Waals surface area (Å²) in [5.74, 6) is 1.73. The number of nitrogens with one attached hydrogen (secondary N) is 2. The van der Waals surface area contributed by atoms with Gasteiger partial charge < -0.3 is 10.6 Å². The maximum absolute atomic E-state index is 8.62. The van der Waals surface area contributed by atoms with E-state index in [9.17, 15) is 0 Å². The van der Waals surface area contributed by atoms with Gasteiger partial charge in [-0.25, -0.2) is 0 Å². The number of rotatable bonds is 4. The summed E-state index contributed by atoms with van der Waals surface area (Å²) in [6, 6.07) is 0.855. The summed E-state index contributed by atoms with van der Waals surface area (Å²) in [5, 5.41) is 23.0. The van der Waals surface area contributed by atoms with Crippen molar-refractivity contribution >= 4 is 0 Å². The van der Waals surface area contributed by atoms with Crippen LogP contribution in [0.3, 0.4) is 0 Å². The van der Waals surface area contributed by atoms with Gasteiger partial charge in [-0.15, -0.1) is 0 Å². The molecule has 0 amide bonds. The van der Waals surface area contributed by atoms with Gasteiger partial charge >= 0.3 is 0 Å². The Balaban J connectivity index is 1.64.